The van der Waals surface area contributed by atoms with Gasteiger partial charge in [-0.05, 0) is 49.9 Å². The zero-order valence-electron chi connectivity index (χ0n) is 12.9. The van der Waals surface area contributed by atoms with Crippen molar-refractivity contribution in [1.82, 2.24) is 5.32 Å². The van der Waals surface area contributed by atoms with Gasteiger partial charge in [0.2, 0.25) is 0 Å². The monoisotopic (exact) mass is 341 g/mol. The van der Waals surface area contributed by atoms with Crippen molar-refractivity contribution in [3.8, 4) is 5.75 Å². The predicted octanol–water partition coefficient (Wildman–Crippen LogP) is 4.26. The molecule has 112 valence electrons. The van der Waals surface area contributed by atoms with Gasteiger partial charge in [0.25, 0.3) is 5.91 Å². The lowest BCUT2D eigenvalue weighted by atomic mass is 10.0. The van der Waals surface area contributed by atoms with E-state index < -0.39 is 0 Å². The maximum atomic E-state index is 11.9. The molecule has 0 saturated heterocycles. The second-order valence-corrected chi connectivity index (χ2v) is 6.83. The Balaban J connectivity index is 2.68. The SMILES string of the molecule is CCC(C)(C)NC(=O)COc1ccc(Br)cc1C(C)C. The quantitative estimate of drug-likeness (QED) is 0.839. The summed E-state index contributed by atoms with van der Waals surface area (Å²) >= 11 is 3.46. The minimum Gasteiger partial charge on any atom is -0.483 e. The summed E-state index contributed by atoms with van der Waals surface area (Å²) in [6.45, 7) is 10.3. The van der Waals surface area contributed by atoms with E-state index in [1.165, 1.54) is 0 Å². The fourth-order valence-corrected chi connectivity index (χ4v) is 2.13. The second kappa shape index (κ2) is 7.11. The van der Waals surface area contributed by atoms with Gasteiger partial charge < -0.3 is 10.1 Å². The van der Waals surface area contributed by atoms with Crippen molar-refractivity contribution in [1.29, 1.82) is 0 Å². The zero-order valence-corrected chi connectivity index (χ0v) is 14.5. The van der Waals surface area contributed by atoms with E-state index >= 15 is 0 Å². The molecule has 0 aliphatic rings. The van der Waals surface area contributed by atoms with Gasteiger partial charge in [-0.25, -0.2) is 0 Å². The molecule has 3 nitrogen and oxygen atoms in total. The molecule has 0 heterocycles. The molecule has 0 aromatic heterocycles. The summed E-state index contributed by atoms with van der Waals surface area (Å²) in [5, 5.41) is 2.96. The average molecular weight is 342 g/mol. The Hall–Kier alpha value is -1.03. The van der Waals surface area contributed by atoms with Gasteiger partial charge >= 0.3 is 0 Å². The minimum absolute atomic E-state index is 0.0464. The van der Waals surface area contributed by atoms with Gasteiger partial charge in [0.15, 0.2) is 6.61 Å². The molecule has 20 heavy (non-hydrogen) atoms. The molecule has 0 saturated carbocycles. The van der Waals surface area contributed by atoms with Crippen molar-refractivity contribution in [3.05, 3.63) is 28.2 Å². The fraction of sp³-hybridized carbons (Fsp3) is 0.562. The first-order chi connectivity index (χ1) is 9.25. The van der Waals surface area contributed by atoms with Gasteiger partial charge in [0, 0.05) is 10.0 Å². The number of hydrogen-bond acceptors (Lipinski definition) is 2. The predicted molar refractivity (Wildman–Crippen MR) is 86.2 cm³/mol. The van der Waals surface area contributed by atoms with E-state index in [-0.39, 0.29) is 18.1 Å². The Morgan fingerprint density at radius 2 is 2.05 bits per heavy atom. The molecule has 0 spiro atoms. The third kappa shape index (κ3) is 5.16. The molecular weight excluding hydrogens is 318 g/mol. The number of carbonyl (C=O) groups excluding carboxylic acids is 1. The smallest absolute Gasteiger partial charge is 0.258 e. The highest BCUT2D eigenvalue weighted by molar-refractivity contribution is 9.10. The highest BCUT2D eigenvalue weighted by Gasteiger charge is 2.18. The number of nitrogens with one attached hydrogen (secondary N) is 1. The summed E-state index contributed by atoms with van der Waals surface area (Å²) in [6, 6.07) is 5.86. The highest BCUT2D eigenvalue weighted by atomic mass is 79.9. The number of amides is 1. The number of ether oxygens (including phenoxy) is 1. The average Bonchev–Trinajstić information content (AvgIpc) is 2.36. The number of halogens is 1. The van der Waals surface area contributed by atoms with Crippen LogP contribution in [0.1, 0.15) is 52.5 Å². The first kappa shape index (κ1) is 17.0. The molecular formula is C16H24BrNO2. The molecule has 0 aliphatic carbocycles. The maximum absolute atomic E-state index is 11.9. The van der Waals surface area contributed by atoms with E-state index in [0.717, 1.165) is 22.2 Å². The lowest BCUT2D eigenvalue weighted by Crippen LogP contribution is -2.44. The third-order valence-electron chi connectivity index (χ3n) is 3.31. The van der Waals surface area contributed by atoms with Crippen LogP contribution < -0.4 is 10.1 Å². The number of hydrogen-bond donors (Lipinski definition) is 1. The first-order valence-corrected chi connectivity index (χ1v) is 7.77. The normalized spacial score (nSPS) is 11.6. The Morgan fingerprint density at radius 3 is 2.60 bits per heavy atom. The highest BCUT2D eigenvalue weighted by Crippen LogP contribution is 2.29. The van der Waals surface area contributed by atoms with E-state index in [9.17, 15) is 4.79 Å². The number of carbonyl (C=O) groups is 1. The van der Waals surface area contributed by atoms with E-state index in [4.69, 9.17) is 4.74 Å². The van der Waals surface area contributed by atoms with Crippen molar-refractivity contribution in [2.45, 2.75) is 52.5 Å². The minimum atomic E-state index is -0.193. The van der Waals surface area contributed by atoms with Gasteiger partial charge in [0.05, 0.1) is 0 Å². The zero-order chi connectivity index (χ0) is 15.3. The van der Waals surface area contributed by atoms with Crippen LogP contribution in [0, 0.1) is 0 Å². The van der Waals surface area contributed by atoms with Crippen molar-refractivity contribution in [2.75, 3.05) is 6.61 Å². The Morgan fingerprint density at radius 1 is 1.40 bits per heavy atom. The van der Waals surface area contributed by atoms with Crippen molar-refractivity contribution < 1.29 is 9.53 Å². The van der Waals surface area contributed by atoms with Crippen molar-refractivity contribution in [2.24, 2.45) is 0 Å². The van der Waals surface area contributed by atoms with E-state index in [2.05, 4.69) is 35.1 Å². The second-order valence-electron chi connectivity index (χ2n) is 5.91. The van der Waals surface area contributed by atoms with Gasteiger partial charge in [-0.3, -0.25) is 4.79 Å². The molecule has 1 N–H and O–H groups in total. The molecule has 0 atom stereocenters. The van der Waals surface area contributed by atoms with Crippen LogP contribution in [0.15, 0.2) is 22.7 Å². The van der Waals surface area contributed by atoms with Crippen LogP contribution in [0.3, 0.4) is 0 Å². The van der Waals surface area contributed by atoms with Crippen LogP contribution in [-0.2, 0) is 4.79 Å². The van der Waals surface area contributed by atoms with E-state index in [1.54, 1.807) is 0 Å². The maximum Gasteiger partial charge on any atom is 0.258 e. The fourth-order valence-electron chi connectivity index (χ4n) is 1.75. The lowest BCUT2D eigenvalue weighted by Gasteiger charge is -2.24. The molecule has 1 rings (SSSR count). The summed E-state index contributed by atoms with van der Waals surface area (Å²) in [5.41, 5.74) is 0.906. The molecule has 0 unspecified atom stereocenters. The summed E-state index contributed by atoms with van der Waals surface area (Å²) in [6.07, 6.45) is 0.883. The van der Waals surface area contributed by atoms with Gasteiger partial charge in [-0.2, -0.15) is 0 Å². The molecule has 4 heteroatoms. The van der Waals surface area contributed by atoms with Crippen LogP contribution in [0.25, 0.3) is 0 Å². The lowest BCUT2D eigenvalue weighted by molar-refractivity contribution is -0.124. The van der Waals surface area contributed by atoms with Gasteiger partial charge in [-0.1, -0.05) is 36.7 Å². The molecule has 0 radical (unpaired) electrons. The van der Waals surface area contributed by atoms with Crippen LogP contribution >= 0.6 is 15.9 Å². The van der Waals surface area contributed by atoms with Crippen LogP contribution in [-0.4, -0.2) is 18.1 Å². The van der Waals surface area contributed by atoms with E-state index in [1.807, 2.05) is 39.0 Å². The summed E-state index contributed by atoms with van der Waals surface area (Å²) in [4.78, 5) is 11.9. The first-order valence-electron chi connectivity index (χ1n) is 6.98. The molecule has 0 bridgehead atoms. The number of benzene rings is 1. The molecule has 1 aromatic carbocycles. The Bertz CT molecular complexity index is 470. The largest absolute Gasteiger partial charge is 0.483 e. The molecule has 0 fully saturated rings. The summed E-state index contributed by atoms with van der Waals surface area (Å²) < 4.78 is 6.69. The van der Waals surface area contributed by atoms with Crippen molar-refractivity contribution >= 4 is 21.8 Å². The van der Waals surface area contributed by atoms with Crippen LogP contribution in [0.4, 0.5) is 0 Å². The van der Waals surface area contributed by atoms with Gasteiger partial charge in [-0.15, -0.1) is 0 Å². The van der Waals surface area contributed by atoms with Gasteiger partial charge in [0.1, 0.15) is 5.75 Å². The van der Waals surface area contributed by atoms with Crippen LogP contribution in [0.2, 0.25) is 0 Å². The molecule has 1 amide bonds. The van der Waals surface area contributed by atoms with E-state index in [0.29, 0.717) is 5.92 Å². The summed E-state index contributed by atoms with van der Waals surface area (Å²) in [7, 11) is 0. The third-order valence-corrected chi connectivity index (χ3v) is 3.81. The van der Waals surface area contributed by atoms with Crippen molar-refractivity contribution in [3.63, 3.8) is 0 Å². The Kier molecular flexibility index (Phi) is 6.06. The summed E-state index contributed by atoms with van der Waals surface area (Å²) in [5.74, 6) is 1.03. The topological polar surface area (TPSA) is 38.3 Å². The Labute approximate surface area is 130 Å². The molecule has 1 aromatic rings. The standard InChI is InChI=1S/C16H24BrNO2/c1-6-16(4,5)18-15(19)10-20-14-8-7-12(17)9-13(14)11(2)3/h7-9,11H,6,10H2,1-5H3,(H,18,19). The number of rotatable bonds is 6. The van der Waals surface area contributed by atoms with Crippen LogP contribution in [0.5, 0.6) is 5.75 Å². The molecule has 0 aliphatic heterocycles.